The Bertz CT molecular complexity index is 684. The average molecular weight is 321 g/mol. The quantitative estimate of drug-likeness (QED) is 0.654. The van der Waals surface area contributed by atoms with E-state index in [0.29, 0.717) is 10.6 Å². The Kier molecular flexibility index (Phi) is 5.38. The van der Waals surface area contributed by atoms with Crippen LogP contribution in [0.3, 0.4) is 0 Å². The van der Waals surface area contributed by atoms with E-state index >= 15 is 0 Å². The molecule has 0 aliphatic carbocycles. The summed E-state index contributed by atoms with van der Waals surface area (Å²) < 4.78 is 9.92. The zero-order valence-electron chi connectivity index (χ0n) is 11.5. The number of ketones is 1. The van der Waals surface area contributed by atoms with Crippen molar-refractivity contribution in [3.05, 3.63) is 59.1 Å². The van der Waals surface area contributed by atoms with E-state index in [4.69, 9.17) is 21.1 Å². The maximum Gasteiger partial charge on any atom is 0.344 e. The van der Waals surface area contributed by atoms with Crippen LogP contribution in [0.2, 0.25) is 5.02 Å². The van der Waals surface area contributed by atoms with Crippen molar-refractivity contribution >= 4 is 23.4 Å². The maximum atomic E-state index is 11.8. The minimum Gasteiger partial charge on any atom is -0.504 e. The molecule has 0 atom stereocenters. The number of carbonyl (C=O) groups excluding carboxylic acids is 2. The van der Waals surface area contributed by atoms with Crippen LogP contribution in [-0.4, -0.2) is 30.1 Å². The predicted molar refractivity (Wildman–Crippen MR) is 80.3 cm³/mol. The van der Waals surface area contributed by atoms with Crippen molar-refractivity contribution < 1.29 is 24.2 Å². The number of hydrogen-bond acceptors (Lipinski definition) is 5. The molecule has 2 aromatic carbocycles. The van der Waals surface area contributed by atoms with Gasteiger partial charge in [-0.05, 0) is 24.3 Å². The number of benzene rings is 2. The number of Topliss-reactive ketones (excluding diaryl/α,β-unsaturated/α-hetero) is 1. The second-order valence-corrected chi connectivity index (χ2v) is 4.79. The highest BCUT2D eigenvalue weighted by Crippen LogP contribution is 2.24. The number of esters is 1. The van der Waals surface area contributed by atoms with Gasteiger partial charge in [0, 0.05) is 10.6 Å². The lowest BCUT2D eigenvalue weighted by Crippen LogP contribution is -2.19. The molecule has 0 aliphatic heterocycles. The van der Waals surface area contributed by atoms with Gasteiger partial charge in [0.15, 0.2) is 30.5 Å². The summed E-state index contributed by atoms with van der Waals surface area (Å²) in [5.41, 5.74) is 0.363. The fourth-order valence-electron chi connectivity index (χ4n) is 1.65. The Balaban J connectivity index is 1.81. The second kappa shape index (κ2) is 7.47. The summed E-state index contributed by atoms with van der Waals surface area (Å²) >= 11 is 5.78. The highest BCUT2D eigenvalue weighted by atomic mass is 35.5. The summed E-state index contributed by atoms with van der Waals surface area (Å²) in [6.45, 7) is -0.802. The predicted octanol–water partition coefficient (Wildman–Crippen LogP) is 2.85. The Hall–Kier alpha value is -2.53. The van der Waals surface area contributed by atoms with Gasteiger partial charge >= 0.3 is 5.97 Å². The summed E-state index contributed by atoms with van der Waals surface area (Å²) in [7, 11) is 0. The first-order valence-electron chi connectivity index (χ1n) is 6.41. The zero-order valence-corrected chi connectivity index (χ0v) is 12.2. The highest BCUT2D eigenvalue weighted by Gasteiger charge is 2.11. The Morgan fingerprint density at radius 1 is 1.05 bits per heavy atom. The number of halogens is 1. The minimum atomic E-state index is -0.710. The van der Waals surface area contributed by atoms with Gasteiger partial charge in [0.2, 0.25) is 0 Å². The molecule has 0 spiro atoms. The first-order chi connectivity index (χ1) is 10.6. The van der Waals surface area contributed by atoms with E-state index in [9.17, 15) is 14.7 Å². The lowest BCUT2D eigenvalue weighted by atomic mass is 10.1. The molecule has 0 fully saturated rings. The number of phenols is 1. The topological polar surface area (TPSA) is 72.8 Å². The minimum absolute atomic E-state index is 0.0784. The molecule has 5 nitrogen and oxygen atoms in total. The summed E-state index contributed by atoms with van der Waals surface area (Å²) in [6, 6.07) is 12.6. The van der Waals surface area contributed by atoms with E-state index in [-0.39, 0.29) is 17.3 Å². The van der Waals surface area contributed by atoms with Gasteiger partial charge in [-0.2, -0.15) is 0 Å². The lowest BCUT2D eigenvalue weighted by molar-refractivity contribution is -0.144. The summed E-state index contributed by atoms with van der Waals surface area (Å²) in [6.07, 6.45) is 0. The van der Waals surface area contributed by atoms with E-state index in [0.717, 1.165) is 0 Å². The van der Waals surface area contributed by atoms with Gasteiger partial charge in [0.05, 0.1) is 0 Å². The smallest absolute Gasteiger partial charge is 0.344 e. The largest absolute Gasteiger partial charge is 0.504 e. The Labute approximate surface area is 132 Å². The molecular formula is C16H13ClO5. The van der Waals surface area contributed by atoms with Gasteiger partial charge in [0.1, 0.15) is 0 Å². The van der Waals surface area contributed by atoms with Gasteiger partial charge in [-0.1, -0.05) is 35.9 Å². The Morgan fingerprint density at radius 3 is 2.55 bits per heavy atom. The van der Waals surface area contributed by atoms with E-state index in [1.165, 1.54) is 18.2 Å². The summed E-state index contributed by atoms with van der Waals surface area (Å²) in [5.74, 6) is -0.983. The van der Waals surface area contributed by atoms with Crippen LogP contribution in [0.25, 0.3) is 0 Å². The molecular weight excluding hydrogens is 308 g/mol. The number of rotatable bonds is 6. The number of aromatic hydroxyl groups is 1. The van der Waals surface area contributed by atoms with Gasteiger partial charge in [-0.25, -0.2) is 4.79 Å². The number of hydrogen-bond donors (Lipinski definition) is 1. The SMILES string of the molecule is O=C(COc1ccccc1O)OCC(=O)c1cccc(Cl)c1. The Morgan fingerprint density at radius 2 is 1.82 bits per heavy atom. The van der Waals surface area contributed by atoms with Crippen molar-refractivity contribution in [2.75, 3.05) is 13.2 Å². The van der Waals surface area contributed by atoms with E-state index in [1.54, 1.807) is 30.3 Å². The molecule has 0 unspecified atom stereocenters. The molecule has 22 heavy (non-hydrogen) atoms. The van der Waals surface area contributed by atoms with Gasteiger partial charge < -0.3 is 14.6 Å². The van der Waals surface area contributed by atoms with Crippen molar-refractivity contribution in [1.82, 2.24) is 0 Å². The number of carbonyl (C=O) groups is 2. The van der Waals surface area contributed by atoms with Crippen LogP contribution < -0.4 is 4.74 Å². The van der Waals surface area contributed by atoms with Crippen LogP contribution >= 0.6 is 11.6 Å². The van der Waals surface area contributed by atoms with E-state index in [1.807, 2.05) is 0 Å². The number of phenolic OH excluding ortho intramolecular Hbond substituents is 1. The summed E-state index contributed by atoms with van der Waals surface area (Å²) in [5, 5.41) is 9.90. The van der Waals surface area contributed by atoms with Crippen molar-refractivity contribution in [3.63, 3.8) is 0 Å². The molecule has 114 valence electrons. The molecule has 2 aromatic rings. The van der Waals surface area contributed by atoms with Gasteiger partial charge in [0.25, 0.3) is 0 Å². The van der Waals surface area contributed by atoms with Crippen LogP contribution in [0.5, 0.6) is 11.5 Å². The first-order valence-corrected chi connectivity index (χ1v) is 6.79. The summed E-state index contributed by atoms with van der Waals surface area (Å²) in [4.78, 5) is 23.3. The zero-order chi connectivity index (χ0) is 15.9. The average Bonchev–Trinajstić information content (AvgIpc) is 2.52. The first kappa shape index (κ1) is 15.9. The lowest BCUT2D eigenvalue weighted by Gasteiger charge is -2.08. The highest BCUT2D eigenvalue weighted by molar-refractivity contribution is 6.31. The molecule has 0 heterocycles. The fourth-order valence-corrected chi connectivity index (χ4v) is 1.84. The van der Waals surface area contributed by atoms with Gasteiger partial charge in [-0.3, -0.25) is 4.79 Å². The molecule has 0 aromatic heterocycles. The van der Waals surface area contributed by atoms with Crippen molar-refractivity contribution in [1.29, 1.82) is 0 Å². The van der Waals surface area contributed by atoms with E-state index in [2.05, 4.69) is 0 Å². The van der Waals surface area contributed by atoms with Crippen LogP contribution in [0.15, 0.2) is 48.5 Å². The molecule has 0 saturated carbocycles. The van der Waals surface area contributed by atoms with E-state index < -0.39 is 19.2 Å². The molecule has 0 aliphatic rings. The number of ether oxygens (including phenoxy) is 2. The normalized spacial score (nSPS) is 10.0. The number of para-hydroxylation sites is 2. The van der Waals surface area contributed by atoms with Gasteiger partial charge in [-0.15, -0.1) is 0 Å². The second-order valence-electron chi connectivity index (χ2n) is 4.35. The van der Waals surface area contributed by atoms with Crippen molar-refractivity contribution in [3.8, 4) is 11.5 Å². The van der Waals surface area contributed by atoms with Crippen LogP contribution in [0, 0.1) is 0 Å². The third-order valence-corrected chi connectivity index (χ3v) is 2.96. The van der Waals surface area contributed by atoms with Crippen molar-refractivity contribution in [2.24, 2.45) is 0 Å². The molecule has 0 radical (unpaired) electrons. The van der Waals surface area contributed by atoms with Crippen molar-refractivity contribution in [2.45, 2.75) is 0 Å². The molecule has 6 heteroatoms. The van der Waals surface area contributed by atoms with Crippen LogP contribution in [0.1, 0.15) is 10.4 Å². The monoisotopic (exact) mass is 320 g/mol. The van der Waals surface area contributed by atoms with Crippen LogP contribution in [0.4, 0.5) is 0 Å². The van der Waals surface area contributed by atoms with Crippen LogP contribution in [-0.2, 0) is 9.53 Å². The molecule has 2 rings (SSSR count). The third kappa shape index (κ3) is 4.49. The molecule has 1 N–H and O–H groups in total. The third-order valence-electron chi connectivity index (χ3n) is 2.72. The molecule has 0 bridgehead atoms. The standard InChI is InChI=1S/C16H13ClO5/c17-12-5-3-4-11(8-12)14(19)9-22-16(20)10-21-15-7-2-1-6-13(15)18/h1-8,18H,9-10H2. The molecule has 0 amide bonds. The molecule has 0 saturated heterocycles. The maximum absolute atomic E-state index is 11.8. The fraction of sp³-hybridized carbons (Fsp3) is 0.125.